The Bertz CT molecular complexity index is 553. The van der Waals surface area contributed by atoms with E-state index in [1.54, 1.807) is 0 Å². The predicted octanol–water partition coefficient (Wildman–Crippen LogP) is 1.08. The highest BCUT2D eigenvalue weighted by Gasteiger charge is 2.49. The second-order valence-electron chi connectivity index (χ2n) is 5.47. The summed E-state index contributed by atoms with van der Waals surface area (Å²) in [6.45, 7) is 2.13. The lowest BCUT2D eigenvalue weighted by Crippen LogP contribution is -2.46. The molecule has 0 aromatic rings. The maximum atomic E-state index is 11.3. The van der Waals surface area contributed by atoms with Crippen LogP contribution in [0.2, 0.25) is 0 Å². The molecule has 1 unspecified atom stereocenters. The third-order valence-electron chi connectivity index (χ3n) is 3.36. The minimum Gasteiger partial charge on any atom is -0.340 e. The topological polar surface area (TPSA) is 136 Å². The number of hydrogen-bond donors (Lipinski definition) is 2. The third kappa shape index (κ3) is 7.88. The molecule has 0 bridgehead atoms. The lowest BCUT2D eigenvalue weighted by atomic mass is 10.0. The molecule has 1 rings (SSSR count). The van der Waals surface area contributed by atoms with E-state index in [0.29, 0.717) is 6.42 Å². The van der Waals surface area contributed by atoms with Gasteiger partial charge in [-0.1, -0.05) is 58.3 Å². The summed E-state index contributed by atoms with van der Waals surface area (Å²) >= 11 is 0. The Morgan fingerprint density at radius 2 is 1.39 bits per heavy atom. The van der Waals surface area contributed by atoms with Crippen LogP contribution in [0.1, 0.15) is 64.7 Å². The first-order valence-electron chi connectivity index (χ1n) is 7.62. The van der Waals surface area contributed by atoms with Crippen LogP contribution in [-0.2, 0) is 32.8 Å². The van der Waals surface area contributed by atoms with E-state index in [2.05, 4.69) is 18.9 Å². The van der Waals surface area contributed by atoms with E-state index in [1.165, 1.54) is 12.8 Å². The highest BCUT2D eigenvalue weighted by atomic mass is 32.3. The summed E-state index contributed by atoms with van der Waals surface area (Å²) in [5, 5.41) is 19.1. The van der Waals surface area contributed by atoms with Crippen molar-refractivity contribution in [2.45, 2.75) is 76.8 Å². The van der Waals surface area contributed by atoms with Crippen LogP contribution >= 0.6 is 0 Å². The second kappa shape index (κ2) is 8.70. The first kappa shape index (κ1) is 20.7. The van der Waals surface area contributed by atoms with E-state index in [0.717, 1.165) is 32.1 Å². The molecular weight excluding hydrogens is 352 g/mol. The molecule has 9 nitrogen and oxygen atoms in total. The van der Waals surface area contributed by atoms with Crippen molar-refractivity contribution >= 4 is 20.8 Å². The van der Waals surface area contributed by atoms with Gasteiger partial charge in [-0.2, -0.15) is 21.0 Å². The van der Waals surface area contributed by atoms with Crippen molar-refractivity contribution in [3.8, 4) is 0 Å². The summed E-state index contributed by atoms with van der Waals surface area (Å²) in [7, 11) is -10.1. The van der Waals surface area contributed by atoms with Crippen molar-refractivity contribution < 1.29 is 39.0 Å². The second-order valence-corrected chi connectivity index (χ2v) is 8.01. The summed E-state index contributed by atoms with van der Waals surface area (Å²) in [6.07, 6.45) is 5.80. The van der Waals surface area contributed by atoms with Crippen molar-refractivity contribution in [2.24, 2.45) is 0 Å². The van der Waals surface area contributed by atoms with Crippen LogP contribution in [0.4, 0.5) is 0 Å². The molecule has 0 saturated carbocycles. The Morgan fingerprint density at radius 1 is 0.870 bits per heavy atom. The molecule has 0 aliphatic carbocycles. The van der Waals surface area contributed by atoms with Gasteiger partial charge in [-0.25, -0.2) is 4.18 Å². The number of rotatable bonds is 9. The molecule has 1 saturated heterocycles. The van der Waals surface area contributed by atoms with E-state index >= 15 is 0 Å². The Labute approximate surface area is 137 Å². The van der Waals surface area contributed by atoms with E-state index in [4.69, 9.17) is 0 Å². The zero-order valence-electron chi connectivity index (χ0n) is 13.0. The summed E-state index contributed by atoms with van der Waals surface area (Å²) < 4.78 is 56.7. The molecule has 0 radical (unpaired) electrons. The van der Waals surface area contributed by atoms with Gasteiger partial charge in [0.25, 0.3) is 0 Å². The van der Waals surface area contributed by atoms with Gasteiger partial charge in [-0.15, -0.1) is 3.63 Å². The molecule has 1 aliphatic heterocycles. The Morgan fingerprint density at radius 3 is 1.96 bits per heavy atom. The maximum Gasteiger partial charge on any atom is 0.420 e. The number of aliphatic hydroxyl groups is 2. The van der Waals surface area contributed by atoms with Crippen molar-refractivity contribution in [3.63, 3.8) is 0 Å². The van der Waals surface area contributed by atoms with Crippen LogP contribution in [0.15, 0.2) is 0 Å². The minimum absolute atomic E-state index is 0.111. The van der Waals surface area contributed by atoms with Crippen molar-refractivity contribution in [3.05, 3.63) is 0 Å². The maximum absolute atomic E-state index is 11.3. The van der Waals surface area contributed by atoms with Crippen LogP contribution in [0, 0.1) is 0 Å². The molecule has 0 spiro atoms. The van der Waals surface area contributed by atoms with E-state index in [1.807, 2.05) is 0 Å². The summed E-state index contributed by atoms with van der Waals surface area (Å²) in [5.74, 6) is -3.30. The standard InChI is InChI=1S/C12H24O9S2/c1-2-3-4-5-6-7-8-9-10-11-12(13,14)20-23(17,18)21-22(15,16)19-11/h11,13-14H,2-10H2,1H3. The monoisotopic (exact) mass is 376 g/mol. The van der Waals surface area contributed by atoms with Gasteiger partial charge in [0.2, 0.25) is 0 Å². The molecule has 23 heavy (non-hydrogen) atoms. The smallest absolute Gasteiger partial charge is 0.340 e. The van der Waals surface area contributed by atoms with Crippen molar-refractivity contribution in [1.29, 1.82) is 0 Å². The van der Waals surface area contributed by atoms with Crippen molar-refractivity contribution in [1.82, 2.24) is 0 Å². The summed E-state index contributed by atoms with van der Waals surface area (Å²) in [5.41, 5.74) is 0. The van der Waals surface area contributed by atoms with Gasteiger partial charge in [0.15, 0.2) is 6.10 Å². The summed E-state index contributed by atoms with van der Waals surface area (Å²) in [6, 6.07) is 0. The third-order valence-corrected chi connectivity index (χ3v) is 5.62. The van der Waals surface area contributed by atoms with Crippen LogP contribution in [0.3, 0.4) is 0 Å². The van der Waals surface area contributed by atoms with Crippen molar-refractivity contribution in [2.75, 3.05) is 0 Å². The molecule has 1 aliphatic rings. The van der Waals surface area contributed by atoms with Gasteiger partial charge in [0.1, 0.15) is 0 Å². The fraction of sp³-hybridized carbons (Fsp3) is 1.00. The molecule has 1 heterocycles. The zero-order valence-corrected chi connectivity index (χ0v) is 14.6. The fourth-order valence-corrected chi connectivity index (χ4v) is 4.21. The van der Waals surface area contributed by atoms with Gasteiger partial charge in [0.05, 0.1) is 0 Å². The Hall–Kier alpha value is -0.300. The van der Waals surface area contributed by atoms with Gasteiger partial charge in [0, 0.05) is 0 Å². The van der Waals surface area contributed by atoms with Crippen LogP contribution in [0.25, 0.3) is 0 Å². The average molecular weight is 376 g/mol. The molecule has 0 amide bonds. The molecule has 0 aromatic carbocycles. The van der Waals surface area contributed by atoms with E-state index in [9.17, 15) is 27.0 Å². The molecular formula is C12H24O9S2. The molecule has 0 aromatic heterocycles. The summed E-state index contributed by atoms with van der Waals surface area (Å²) in [4.78, 5) is 0. The Kier molecular flexibility index (Phi) is 7.84. The van der Waals surface area contributed by atoms with Gasteiger partial charge >= 0.3 is 26.8 Å². The SMILES string of the molecule is CCCCCCCCCCC1OS(=O)(=O)OS(=O)(=O)OC1(O)O. The lowest BCUT2D eigenvalue weighted by molar-refractivity contribution is -0.329. The van der Waals surface area contributed by atoms with E-state index < -0.39 is 32.9 Å². The quantitative estimate of drug-likeness (QED) is 0.447. The first-order valence-corrected chi connectivity index (χ1v) is 10.3. The minimum atomic E-state index is -5.13. The highest BCUT2D eigenvalue weighted by molar-refractivity contribution is 7.95. The molecule has 138 valence electrons. The molecule has 11 heteroatoms. The van der Waals surface area contributed by atoms with Crippen LogP contribution in [-0.4, -0.2) is 39.1 Å². The zero-order chi connectivity index (χ0) is 17.6. The average Bonchev–Trinajstić information content (AvgIpc) is 2.43. The largest absolute Gasteiger partial charge is 0.420 e. The van der Waals surface area contributed by atoms with Gasteiger partial charge < -0.3 is 10.2 Å². The van der Waals surface area contributed by atoms with E-state index in [-0.39, 0.29) is 6.42 Å². The molecule has 1 fully saturated rings. The normalized spacial score (nSPS) is 25.8. The number of unbranched alkanes of at least 4 members (excludes halogenated alkanes) is 7. The Balaban J connectivity index is 2.45. The van der Waals surface area contributed by atoms with Gasteiger partial charge in [-0.05, 0) is 6.42 Å². The van der Waals surface area contributed by atoms with Crippen LogP contribution in [0.5, 0.6) is 0 Å². The fourth-order valence-electron chi connectivity index (χ4n) is 2.24. The highest BCUT2D eigenvalue weighted by Crippen LogP contribution is 2.28. The predicted molar refractivity (Wildman–Crippen MR) is 79.3 cm³/mol. The van der Waals surface area contributed by atoms with Crippen LogP contribution < -0.4 is 0 Å². The molecule has 2 N–H and O–H groups in total. The first-order chi connectivity index (χ1) is 10.6. The lowest BCUT2D eigenvalue weighted by Gasteiger charge is -2.24. The van der Waals surface area contributed by atoms with Gasteiger partial charge in [-0.3, -0.25) is 0 Å². The number of hydrogen-bond acceptors (Lipinski definition) is 9. The molecule has 1 atom stereocenters.